The summed E-state index contributed by atoms with van der Waals surface area (Å²) >= 11 is 0. The van der Waals surface area contributed by atoms with Crippen LogP contribution in [0.1, 0.15) is 64.2 Å². The van der Waals surface area contributed by atoms with Gasteiger partial charge in [0.2, 0.25) is 0 Å². The average Bonchev–Trinajstić information content (AvgIpc) is 3.11. The number of Topliss-reactive ketones (excluding diaryl/α,β-unsaturated/α-hetero) is 2. The third-order valence-electron chi connectivity index (χ3n) is 4.41. The van der Waals surface area contributed by atoms with Gasteiger partial charge in [-0.05, 0) is 37.5 Å². The number of fused-ring (bicyclic) bond motifs is 1. The molecule has 2 aliphatic rings. The van der Waals surface area contributed by atoms with Gasteiger partial charge in [-0.15, -0.1) is 0 Å². The van der Waals surface area contributed by atoms with Crippen molar-refractivity contribution in [1.82, 2.24) is 0 Å². The minimum Gasteiger partial charge on any atom is -0.366 e. The summed E-state index contributed by atoms with van der Waals surface area (Å²) in [4.78, 5) is 23.1. The fourth-order valence-electron chi connectivity index (χ4n) is 3.08. The molecule has 19 heavy (non-hydrogen) atoms. The Bertz CT molecular complexity index is 311. The van der Waals surface area contributed by atoms with E-state index in [4.69, 9.17) is 4.74 Å². The van der Waals surface area contributed by atoms with Crippen molar-refractivity contribution in [2.45, 2.75) is 64.2 Å². The number of carbonyl (C=O) groups is 2. The zero-order chi connectivity index (χ0) is 13.5. The summed E-state index contributed by atoms with van der Waals surface area (Å²) in [7, 11) is 0. The lowest BCUT2D eigenvalue weighted by molar-refractivity contribution is -0.128. The van der Waals surface area contributed by atoms with Crippen molar-refractivity contribution in [3.05, 3.63) is 0 Å². The smallest absolute Gasteiger partial charge is 0.158 e. The first-order chi connectivity index (χ1) is 9.25. The molecule has 0 aromatic heterocycles. The van der Waals surface area contributed by atoms with Crippen LogP contribution >= 0.6 is 0 Å². The lowest BCUT2D eigenvalue weighted by Crippen LogP contribution is -2.14. The van der Waals surface area contributed by atoms with Gasteiger partial charge < -0.3 is 4.74 Å². The van der Waals surface area contributed by atoms with Crippen LogP contribution in [0, 0.1) is 11.8 Å². The van der Waals surface area contributed by atoms with E-state index in [9.17, 15) is 9.59 Å². The maximum Gasteiger partial charge on any atom is 0.158 e. The highest BCUT2D eigenvalue weighted by Crippen LogP contribution is 2.45. The molecular formula is C16H26O3. The highest BCUT2D eigenvalue weighted by molar-refractivity contribution is 5.81. The van der Waals surface area contributed by atoms with Gasteiger partial charge in [-0.2, -0.15) is 0 Å². The van der Waals surface area contributed by atoms with E-state index in [1.807, 2.05) is 0 Å². The highest BCUT2D eigenvalue weighted by Gasteiger charge is 2.35. The zero-order valence-corrected chi connectivity index (χ0v) is 11.9. The third kappa shape index (κ3) is 5.85. The Balaban J connectivity index is 1.71. The molecule has 0 radical (unpaired) electrons. The first-order valence-corrected chi connectivity index (χ1v) is 7.87. The minimum atomic E-state index is 0.121. The molecule has 1 aliphatic carbocycles. The first kappa shape index (κ1) is 14.7. The van der Waals surface area contributed by atoms with E-state index in [0.717, 1.165) is 31.1 Å². The lowest BCUT2D eigenvalue weighted by Gasteiger charge is -2.06. The summed E-state index contributed by atoms with van der Waals surface area (Å²) in [6.07, 6.45) is 10.9. The Morgan fingerprint density at radius 1 is 0.737 bits per heavy atom. The van der Waals surface area contributed by atoms with Crippen molar-refractivity contribution in [2.75, 3.05) is 13.2 Å². The van der Waals surface area contributed by atoms with Crippen LogP contribution < -0.4 is 0 Å². The largest absolute Gasteiger partial charge is 0.366 e. The molecule has 1 saturated heterocycles. The summed E-state index contributed by atoms with van der Waals surface area (Å²) in [5, 5.41) is 0. The third-order valence-corrected chi connectivity index (χ3v) is 4.41. The molecule has 0 amide bonds. The number of rotatable bonds is 0. The SMILES string of the molecule is O=C1CCCCCCC2CC2CCCC(=O)COC1. The maximum atomic E-state index is 11.6. The Morgan fingerprint density at radius 3 is 2.05 bits per heavy atom. The number of hydrogen-bond donors (Lipinski definition) is 0. The normalized spacial score (nSPS) is 31.8. The van der Waals surface area contributed by atoms with Crippen molar-refractivity contribution in [1.29, 1.82) is 0 Å². The van der Waals surface area contributed by atoms with E-state index in [-0.39, 0.29) is 24.8 Å². The Labute approximate surface area is 116 Å². The molecule has 2 fully saturated rings. The van der Waals surface area contributed by atoms with E-state index in [1.165, 1.54) is 32.1 Å². The number of hydrogen-bond acceptors (Lipinski definition) is 3. The van der Waals surface area contributed by atoms with Crippen molar-refractivity contribution in [3.8, 4) is 0 Å². The monoisotopic (exact) mass is 266 g/mol. The Kier molecular flexibility index (Phi) is 6.02. The summed E-state index contributed by atoms with van der Waals surface area (Å²) < 4.78 is 5.20. The fourth-order valence-corrected chi connectivity index (χ4v) is 3.08. The van der Waals surface area contributed by atoms with Gasteiger partial charge >= 0.3 is 0 Å². The summed E-state index contributed by atoms with van der Waals surface area (Å²) in [5.74, 6) is 2.11. The Morgan fingerprint density at radius 2 is 1.32 bits per heavy atom. The molecular weight excluding hydrogens is 240 g/mol. The van der Waals surface area contributed by atoms with E-state index in [2.05, 4.69) is 0 Å². The van der Waals surface area contributed by atoms with Crippen LogP contribution in [0.15, 0.2) is 0 Å². The van der Waals surface area contributed by atoms with E-state index in [1.54, 1.807) is 0 Å². The second-order valence-corrected chi connectivity index (χ2v) is 6.17. The van der Waals surface area contributed by atoms with Crippen LogP contribution in [0.25, 0.3) is 0 Å². The molecule has 1 heterocycles. The molecule has 2 rings (SSSR count). The van der Waals surface area contributed by atoms with Crippen LogP contribution in [-0.4, -0.2) is 24.8 Å². The molecule has 1 aliphatic heterocycles. The predicted octanol–water partition coefficient (Wildman–Crippen LogP) is 3.30. The molecule has 2 unspecified atom stereocenters. The van der Waals surface area contributed by atoms with Crippen LogP contribution in [-0.2, 0) is 14.3 Å². The number of ketones is 2. The van der Waals surface area contributed by atoms with Crippen LogP contribution in [0.2, 0.25) is 0 Å². The molecule has 0 spiro atoms. The maximum absolute atomic E-state index is 11.6. The minimum absolute atomic E-state index is 0.121. The van der Waals surface area contributed by atoms with Crippen LogP contribution in [0.5, 0.6) is 0 Å². The van der Waals surface area contributed by atoms with Gasteiger partial charge in [0.15, 0.2) is 11.6 Å². The van der Waals surface area contributed by atoms with Gasteiger partial charge in [-0.1, -0.05) is 25.7 Å². The molecule has 0 aromatic rings. The van der Waals surface area contributed by atoms with Gasteiger partial charge in [-0.3, -0.25) is 9.59 Å². The second-order valence-electron chi connectivity index (χ2n) is 6.17. The highest BCUT2D eigenvalue weighted by atomic mass is 16.5. The van der Waals surface area contributed by atoms with Gasteiger partial charge in [0.05, 0.1) is 0 Å². The molecule has 1 saturated carbocycles. The standard InChI is InChI=1S/C16H26O3/c17-15-8-4-2-1-3-6-13-10-14(13)7-5-9-16(18)12-19-11-15/h13-14H,1-12H2. The summed E-state index contributed by atoms with van der Waals surface area (Å²) in [6, 6.07) is 0. The molecule has 0 N–H and O–H groups in total. The summed E-state index contributed by atoms with van der Waals surface area (Å²) in [5.41, 5.74) is 0. The Hall–Kier alpha value is -0.700. The molecule has 0 bridgehead atoms. The van der Waals surface area contributed by atoms with Crippen LogP contribution in [0.3, 0.4) is 0 Å². The lowest BCUT2D eigenvalue weighted by atomic mass is 10.0. The van der Waals surface area contributed by atoms with Gasteiger partial charge in [0.25, 0.3) is 0 Å². The van der Waals surface area contributed by atoms with Crippen LogP contribution in [0.4, 0.5) is 0 Å². The predicted molar refractivity (Wildman–Crippen MR) is 74.0 cm³/mol. The molecule has 2 atom stereocenters. The zero-order valence-electron chi connectivity index (χ0n) is 11.9. The number of carbonyl (C=O) groups excluding carboxylic acids is 2. The summed E-state index contributed by atoms with van der Waals surface area (Å²) in [6.45, 7) is 0.246. The molecule has 0 aromatic carbocycles. The molecule has 108 valence electrons. The molecule has 3 heteroatoms. The fraction of sp³-hybridized carbons (Fsp3) is 0.875. The van der Waals surface area contributed by atoms with Crippen molar-refractivity contribution >= 4 is 11.6 Å². The topological polar surface area (TPSA) is 43.4 Å². The van der Waals surface area contributed by atoms with E-state index in [0.29, 0.717) is 12.8 Å². The molecule has 3 nitrogen and oxygen atoms in total. The first-order valence-electron chi connectivity index (χ1n) is 7.87. The van der Waals surface area contributed by atoms with Gasteiger partial charge in [0.1, 0.15) is 13.2 Å². The van der Waals surface area contributed by atoms with E-state index < -0.39 is 0 Å². The van der Waals surface area contributed by atoms with E-state index >= 15 is 0 Å². The number of ether oxygens (including phenoxy) is 1. The van der Waals surface area contributed by atoms with Crippen molar-refractivity contribution in [2.24, 2.45) is 11.8 Å². The quantitative estimate of drug-likeness (QED) is 0.675. The second kappa shape index (κ2) is 7.78. The average molecular weight is 266 g/mol. The van der Waals surface area contributed by atoms with Gasteiger partial charge in [0, 0.05) is 12.8 Å². The van der Waals surface area contributed by atoms with Crippen molar-refractivity contribution in [3.63, 3.8) is 0 Å². The van der Waals surface area contributed by atoms with Crippen molar-refractivity contribution < 1.29 is 14.3 Å². The van der Waals surface area contributed by atoms with Gasteiger partial charge in [-0.25, -0.2) is 0 Å².